The van der Waals surface area contributed by atoms with Crippen molar-refractivity contribution in [1.29, 1.82) is 0 Å². The highest BCUT2D eigenvalue weighted by molar-refractivity contribution is 6.32. The van der Waals surface area contributed by atoms with Crippen molar-refractivity contribution in [3.05, 3.63) is 75.8 Å². The number of nitrogens with one attached hydrogen (secondary N) is 1. The molecule has 5 N–H and O–H groups in total. The highest BCUT2D eigenvalue weighted by Gasteiger charge is 2.19. The Morgan fingerprint density at radius 1 is 1.20 bits per heavy atom. The van der Waals surface area contributed by atoms with Crippen molar-refractivity contribution in [2.24, 2.45) is 16.5 Å². The number of aliphatic imine (C=N–C) groups is 1. The number of nitrogens with zero attached hydrogens (tertiary/aromatic N) is 2. The second kappa shape index (κ2) is 8.51. The van der Waals surface area contributed by atoms with Crippen molar-refractivity contribution < 1.29 is 4.74 Å². The predicted molar refractivity (Wildman–Crippen MR) is 120 cm³/mol. The molecule has 0 radical (unpaired) electrons. The molecule has 7 heteroatoms. The number of aromatic nitrogens is 2. The van der Waals surface area contributed by atoms with Crippen LogP contribution in [0.4, 0.5) is 0 Å². The van der Waals surface area contributed by atoms with Gasteiger partial charge in [-0.05, 0) is 61.2 Å². The van der Waals surface area contributed by atoms with Gasteiger partial charge in [0.1, 0.15) is 5.75 Å². The van der Waals surface area contributed by atoms with E-state index >= 15 is 0 Å². The van der Waals surface area contributed by atoms with Gasteiger partial charge in [-0.3, -0.25) is 9.79 Å². The summed E-state index contributed by atoms with van der Waals surface area (Å²) in [5.74, 6) is 0.862. The zero-order valence-electron chi connectivity index (χ0n) is 16.9. The van der Waals surface area contributed by atoms with Crippen molar-refractivity contribution >= 4 is 22.1 Å². The number of allylic oxidation sites excluding steroid dienone is 1. The first-order valence-electron chi connectivity index (χ1n) is 10.0. The lowest BCUT2D eigenvalue weighted by Crippen LogP contribution is -2.24. The summed E-state index contributed by atoms with van der Waals surface area (Å²) in [6, 6.07) is 13.4. The van der Waals surface area contributed by atoms with Crippen LogP contribution in [0.2, 0.25) is 0 Å². The van der Waals surface area contributed by atoms with Crippen LogP contribution in [0.1, 0.15) is 36.1 Å². The summed E-state index contributed by atoms with van der Waals surface area (Å²) in [5, 5.41) is 7.79. The molecule has 1 aliphatic carbocycles. The fourth-order valence-corrected chi connectivity index (χ4v) is 3.63. The van der Waals surface area contributed by atoms with Crippen molar-refractivity contribution in [3.63, 3.8) is 0 Å². The monoisotopic (exact) mass is 403 g/mol. The molecule has 1 heterocycles. The van der Waals surface area contributed by atoms with Crippen LogP contribution in [-0.4, -0.2) is 29.1 Å². The zero-order chi connectivity index (χ0) is 21.1. The molecule has 154 valence electrons. The number of nitrogens with two attached hydrogens (primary N) is 2. The largest absolute Gasteiger partial charge is 0.490 e. The average molecular weight is 403 g/mol. The minimum atomic E-state index is -0.251. The fraction of sp³-hybridized carbons (Fsp3) is 0.261. The summed E-state index contributed by atoms with van der Waals surface area (Å²) in [5.41, 5.74) is 15.5. The van der Waals surface area contributed by atoms with Crippen LogP contribution in [0, 0.1) is 0 Å². The van der Waals surface area contributed by atoms with E-state index in [1.54, 1.807) is 13.1 Å². The maximum Gasteiger partial charge on any atom is 0.272 e. The molecule has 7 nitrogen and oxygen atoms in total. The van der Waals surface area contributed by atoms with Gasteiger partial charge in [0, 0.05) is 36.3 Å². The Kier molecular flexibility index (Phi) is 5.63. The average Bonchev–Trinajstić information content (AvgIpc) is 2.75. The number of hydrogen-bond acceptors (Lipinski definition) is 6. The highest BCUT2D eigenvalue weighted by atomic mass is 16.5. The van der Waals surface area contributed by atoms with Gasteiger partial charge in [0.05, 0.1) is 22.9 Å². The molecule has 4 rings (SSSR count). The summed E-state index contributed by atoms with van der Waals surface area (Å²) >= 11 is 0. The predicted octanol–water partition coefficient (Wildman–Crippen LogP) is 2.73. The Bertz CT molecular complexity index is 1170. The summed E-state index contributed by atoms with van der Waals surface area (Å²) < 4.78 is 5.94. The van der Waals surface area contributed by atoms with Gasteiger partial charge in [-0.15, -0.1) is 0 Å². The van der Waals surface area contributed by atoms with E-state index in [9.17, 15) is 4.79 Å². The molecule has 1 aliphatic rings. The van der Waals surface area contributed by atoms with E-state index in [0.717, 1.165) is 41.0 Å². The summed E-state index contributed by atoms with van der Waals surface area (Å²) in [6.45, 7) is 0.218. The van der Waals surface area contributed by atoms with Crippen LogP contribution >= 0.6 is 0 Å². The van der Waals surface area contributed by atoms with Gasteiger partial charge in [0.2, 0.25) is 0 Å². The first-order valence-corrected chi connectivity index (χ1v) is 10.0. The molecule has 1 fully saturated rings. The Morgan fingerprint density at radius 2 is 1.93 bits per heavy atom. The van der Waals surface area contributed by atoms with Crippen molar-refractivity contribution in [3.8, 4) is 5.75 Å². The lowest BCUT2D eigenvalue weighted by molar-refractivity contribution is 0.120. The number of H-pyrrole nitrogens is 1. The normalized spacial score (nSPS) is 15.3. The van der Waals surface area contributed by atoms with Gasteiger partial charge in [-0.2, -0.15) is 5.10 Å². The third kappa shape index (κ3) is 3.71. The third-order valence-electron chi connectivity index (χ3n) is 5.50. The SMILES string of the molecule is CN=C(/C(=C\N)c1ccc2c(=O)[nH]nc(CN)c2c1)c1ccc(OC2CCC2)cc1. The second-order valence-corrected chi connectivity index (χ2v) is 7.31. The Balaban J connectivity index is 1.69. The molecule has 30 heavy (non-hydrogen) atoms. The minimum absolute atomic E-state index is 0.218. The maximum absolute atomic E-state index is 12.1. The standard InChI is InChI=1S/C23H25N5O2/c1-26-22(14-5-8-17(9-6-14)30-16-3-2-4-16)20(12-24)15-7-10-18-19(11-15)21(13-25)27-28-23(18)29/h5-12,16H,2-4,13,24-25H2,1H3,(H,28,29)/b20-12-,26-22?. The van der Waals surface area contributed by atoms with Gasteiger partial charge in [0.15, 0.2) is 0 Å². The molecule has 0 amide bonds. The van der Waals surface area contributed by atoms with Crippen LogP contribution in [0.25, 0.3) is 16.3 Å². The number of aromatic amines is 1. The van der Waals surface area contributed by atoms with Gasteiger partial charge in [-0.25, -0.2) is 5.10 Å². The van der Waals surface area contributed by atoms with Crippen LogP contribution in [0.5, 0.6) is 5.75 Å². The van der Waals surface area contributed by atoms with Gasteiger partial charge >= 0.3 is 0 Å². The molecule has 1 aromatic heterocycles. The summed E-state index contributed by atoms with van der Waals surface area (Å²) in [4.78, 5) is 16.6. The topological polar surface area (TPSA) is 119 Å². The molecule has 0 aliphatic heterocycles. The lowest BCUT2D eigenvalue weighted by Gasteiger charge is -2.26. The van der Waals surface area contributed by atoms with Crippen molar-refractivity contribution in [1.82, 2.24) is 10.2 Å². The Labute approximate surface area is 174 Å². The molecule has 0 atom stereocenters. The van der Waals surface area contributed by atoms with E-state index < -0.39 is 0 Å². The number of hydrogen-bond donors (Lipinski definition) is 3. The smallest absolute Gasteiger partial charge is 0.272 e. The van der Waals surface area contributed by atoms with E-state index in [4.69, 9.17) is 16.2 Å². The first-order chi connectivity index (χ1) is 14.6. The molecule has 3 aromatic rings. The van der Waals surface area contributed by atoms with E-state index in [1.165, 1.54) is 12.6 Å². The number of fused-ring (bicyclic) bond motifs is 1. The maximum atomic E-state index is 12.1. The van der Waals surface area contributed by atoms with Crippen LogP contribution in [-0.2, 0) is 6.54 Å². The summed E-state index contributed by atoms with van der Waals surface area (Å²) in [7, 11) is 1.73. The van der Waals surface area contributed by atoms with Gasteiger partial charge in [0.25, 0.3) is 5.56 Å². The fourth-order valence-electron chi connectivity index (χ4n) is 3.63. The molecular weight excluding hydrogens is 378 g/mol. The van der Waals surface area contributed by atoms with E-state index in [0.29, 0.717) is 22.6 Å². The molecule has 2 aromatic carbocycles. The van der Waals surface area contributed by atoms with Crippen LogP contribution in [0.3, 0.4) is 0 Å². The Morgan fingerprint density at radius 3 is 2.53 bits per heavy atom. The van der Waals surface area contributed by atoms with Gasteiger partial charge < -0.3 is 16.2 Å². The first kappa shape index (κ1) is 19.8. The van der Waals surface area contributed by atoms with Crippen molar-refractivity contribution in [2.45, 2.75) is 31.9 Å². The van der Waals surface area contributed by atoms with E-state index in [-0.39, 0.29) is 12.1 Å². The second-order valence-electron chi connectivity index (χ2n) is 7.31. The van der Waals surface area contributed by atoms with Crippen LogP contribution < -0.4 is 21.8 Å². The molecule has 0 spiro atoms. The van der Waals surface area contributed by atoms with Crippen molar-refractivity contribution in [2.75, 3.05) is 7.05 Å². The number of ether oxygens (including phenoxy) is 1. The van der Waals surface area contributed by atoms with E-state index in [1.807, 2.05) is 36.4 Å². The Hall–Kier alpha value is -3.45. The molecule has 1 saturated carbocycles. The lowest BCUT2D eigenvalue weighted by atomic mass is 9.94. The minimum Gasteiger partial charge on any atom is -0.490 e. The quantitative estimate of drug-likeness (QED) is 0.547. The highest BCUT2D eigenvalue weighted by Crippen LogP contribution is 2.27. The molecule has 0 saturated heterocycles. The third-order valence-corrected chi connectivity index (χ3v) is 5.50. The number of benzene rings is 2. The number of rotatable bonds is 6. The molecular formula is C23H25N5O2. The van der Waals surface area contributed by atoms with Crippen LogP contribution in [0.15, 0.2) is 58.5 Å². The van der Waals surface area contributed by atoms with Gasteiger partial charge in [-0.1, -0.05) is 6.07 Å². The zero-order valence-corrected chi connectivity index (χ0v) is 16.9. The molecule has 0 bridgehead atoms. The molecule has 0 unspecified atom stereocenters. The summed E-state index contributed by atoms with van der Waals surface area (Å²) in [6.07, 6.45) is 5.34. The van der Waals surface area contributed by atoms with E-state index in [2.05, 4.69) is 15.2 Å².